The molecule has 172 valence electrons. The van der Waals surface area contributed by atoms with E-state index < -0.39 is 0 Å². The van der Waals surface area contributed by atoms with Crippen LogP contribution >= 0.6 is 0 Å². The topological polar surface area (TPSA) is 123 Å². The van der Waals surface area contributed by atoms with Gasteiger partial charge in [-0.1, -0.05) is 13.0 Å². The van der Waals surface area contributed by atoms with E-state index in [4.69, 9.17) is 4.74 Å². The molecule has 0 aliphatic heterocycles. The number of para-hydroxylation sites is 1. The summed E-state index contributed by atoms with van der Waals surface area (Å²) in [6.45, 7) is 4.48. The van der Waals surface area contributed by atoms with E-state index in [1.165, 1.54) is 6.20 Å². The van der Waals surface area contributed by atoms with E-state index in [1.807, 2.05) is 25.1 Å². The van der Waals surface area contributed by atoms with Gasteiger partial charge in [-0.3, -0.25) is 14.8 Å². The maximum atomic E-state index is 12.6. The summed E-state index contributed by atoms with van der Waals surface area (Å²) in [7, 11) is 1.57. The third-order valence-corrected chi connectivity index (χ3v) is 5.27. The number of hydrogen-bond acceptors (Lipinski definition) is 7. The third-order valence-electron chi connectivity index (χ3n) is 5.27. The molecule has 1 aromatic carbocycles. The van der Waals surface area contributed by atoms with Crippen molar-refractivity contribution in [3.05, 3.63) is 42.4 Å². The van der Waals surface area contributed by atoms with Gasteiger partial charge in [0.15, 0.2) is 17.4 Å². The Bertz CT molecular complexity index is 1170. The van der Waals surface area contributed by atoms with Crippen LogP contribution in [0.4, 0.5) is 22.0 Å². The lowest BCUT2D eigenvalue weighted by molar-refractivity contribution is 0.0988. The van der Waals surface area contributed by atoms with Gasteiger partial charge in [-0.15, -0.1) is 0 Å². The molecule has 2 amide bonds. The van der Waals surface area contributed by atoms with E-state index in [-0.39, 0.29) is 17.9 Å². The molecular weight excluding hydrogens is 422 g/mol. The number of aryl methyl sites for hydroxylation is 1. The fourth-order valence-electron chi connectivity index (χ4n) is 3.35. The van der Waals surface area contributed by atoms with Gasteiger partial charge in [0.2, 0.25) is 0 Å². The van der Waals surface area contributed by atoms with Crippen LogP contribution in [0.25, 0.3) is 11.4 Å². The van der Waals surface area contributed by atoms with Crippen LogP contribution in [-0.2, 0) is 6.54 Å². The zero-order valence-electron chi connectivity index (χ0n) is 18.9. The van der Waals surface area contributed by atoms with Crippen LogP contribution in [0.5, 0.6) is 5.75 Å². The van der Waals surface area contributed by atoms with Crippen molar-refractivity contribution < 1.29 is 14.3 Å². The van der Waals surface area contributed by atoms with Gasteiger partial charge in [0, 0.05) is 31.3 Å². The minimum Gasteiger partial charge on any atom is -0.494 e. The average molecular weight is 450 g/mol. The fourth-order valence-corrected chi connectivity index (χ4v) is 3.35. The molecule has 4 rings (SSSR count). The summed E-state index contributed by atoms with van der Waals surface area (Å²) in [6.07, 6.45) is 5.43. The van der Waals surface area contributed by atoms with Gasteiger partial charge in [-0.2, -0.15) is 5.10 Å². The van der Waals surface area contributed by atoms with E-state index >= 15 is 0 Å². The molecule has 0 radical (unpaired) electrons. The first-order valence-corrected chi connectivity index (χ1v) is 11.0. The number of amides is 2. The van der Waals surface area contributed by atoms with Crippen molar-refractivity contribution in [1.82, 2.24) is 25.1 Å². The van der Waals surface area contributed by atoms with Crippen LogP contribution in [-0.4, -0.2) is 44.7 Å². The minimum atomic E-state index is -0.317. The van der Waals surface area contributed by atoms with Crippen molar-refractivity contribution >= 4 is 29.0 Å². The summed E-state index contributed by atoms with van der Waals surface area (Å²) < 4.78 is 7.42. The number of ether oxygens (including phenoxy) is 1. The molecule has 0 atom stereocenters. The van der Waals surface area contributed by atoms with Gasteiger partial charge in [0.05, 0.1) is 29.6 Å². The number of pyridine rings is 1. The Kier molecular flexibility index (Phi) is 6.53. The lowest BCUT2D eigenvalue weighted by Gasteiger charge is -2.17. The SMILES string of the molecule is CCC(=O)c1cnc(NC(=O)NC2CC2)cc1Nc1cccc(-c2ncn(CC)n2)c1OC. The van der Waals surface area contributed by atoms with Crippen molar-refractivity contribution in [1.29, 1.82) is 0 Å². The summed E-state index contributed by atoms with van der Waals surface area (Å²) >= 11 is 0. The molecule has 3 aromatic rings. The second-order valence-electron chi connectivity index (χ2n) is 7.70. The molecule has 1 fully saturated rings. The van der Waals surface area contributed by atoms with Gasteiger partial charge in [0.1, 0.15) is 12.1 Å². The van der Waals surface area contributed by atoms with Crippen LogP contribution in [0.1, 0.15) is 43.5 Å². The molecule has 33 heavy (non-hydrogen) atoms. The minimum absolute atomic E-state index is 0.0718. The summed E-state index contributed by atoms with van der Waals surface area (Å²) in [6, 6.07) is 7.12. The van der Waals surface area contributed by atoms with Crippen LogP contribution in [0.3, 0.4) is 0 Å². The smallest absolute Gasteiger partial charge is 0.320 e. The highest BCUT2D eigenvalue weighted by Crippen LogP contribution is 2.37. The average Bonchev–Trinajstić information content (AvgIpc) is 3.50. The number of urea groups is 1. The lowest BCUT2D eigenvalue weighted by Crippen LogP contribution is -2.30. The largest absolute Gasteiger partial charge is 0.494 e. The number of Topliss-reactive ketones (excluding diaryl/α,β-unsaturated/α-hetero) is 1. The lowest BCUT2D eigenvalue weighted by atomic mass is 10.1. The maximum absolute atomic E-state index is 12.6. The molecule has 1 saturated carbocycles. The Balaban J connectivity index is 1.67. The van der Waals surface area contributed by atoms with Crippen molar-refractivity contribution in [2.24, 2.45) is 0 Å². The first-order chi connectivity index (χ1) is 16.0. The van der Waals surface area contributed by atoms with Gasteiger partial charge in [-0.05, 0) is 31.9 Å². The number of rotatable bonds is 9. The van der Waals surface area contributed by atoms with Gasteiger partial charge in [0.25, 0.3) is 0 Å². The maximum Gasteiger partial charge on any atom is 0.320 e. The zero-order chi connectivity index (χ0) is 23.4. The van der Waals surface area contributed by atoms with Crippen LogP contribution < -0.4 is 20.7 Å². The number of nitrogens with zero attached hydrogens (tertiary/aromatic N) is 4. The second-order valence-corrected chi connectivity index (χ2v) is 7.70. The second kappa shape index (κ2) is 9.68. The number of benzene rings is 1. The fraction of sp³-hybridized carbons (Fsp3) is 0.348. The summed E-state index contributed by atoms with van der Waals surface area (Å²) in [4.78, 5) is 33.3. The number of hydrogen-bond donors (Lipinski definition) is 3. The van der Waals surface area contributed by atoms with Crippen LogP contribution in [0, 0.1) is 0 Å². The first kappa shape index (κ1) is 22.3. The Morgan fingerprint density at radius 3 is 2.67 bits per heavy atom. The molecule has 2 aromatic heterocycles. The Labute approximate surface area is 191 Å². The van der Waals surface area contributed by atoms with Crippen molar-refractivity contribution in [2.45, 2.75) is 45.7 Å². The predicted molar refractivity (Wildman–Crippen MR) is 125 cm³/mol. The molecule has 1 aliphatic carbocycles. The normalized spacial score (nSPS) is 12.8. The molecule has 0 saturated heterocycles. The standard InChI is InChI=1S/C23H27N7O3/c1-4-19(31)16-12-24-20(28-23(32)26-14-9-10-14)11-18(16)27-17-8-6-7-15(21(17)33-3)22-25-13-30(5-2)29-22/h6-8,11-14H,4-5,9-10H2,1-3H3,(H3,24,26,27,28,32). The number of anilines is 3. The van der Waals surface area contributed by atoms with Crippen molar-refractivity contribution in [2.75, 3.05) is 17.7 Å². The predicted octanol–water partition coefficient (Wildman–Crippen LogP) is 3.99. The Morgan fingerprint density at radius 2 is 2.00 bits per heavy atom. The number of carbonyl (C=O) groups excluding carboxylic acids is 2. The van der Waals surface area contributed by atoms with Crippen LogP contribution in [0.15, 0.2) is 36.8 Å². The van der Waals surface area contributed by atoms with E-state index in [0.717, 1.165) is 12.8 Å². The Morgan fingerprint density at radius 1 is 1.18 bits per heavy atom. The number of carbonyl (C=O) groups is 2. The van der Waals surface area contributed by atoms with Gasteiger partial charge < -0.3 is 15.4 Å². The monoisotopic (exact) mass is 449 g/mol. The molecule has 10 heteroatoms. The van der Waals surface area contributed by atoms with E-state index in [0.29, 0.717) is 52.9 Å². The zero-order valence-corrected chi connectivity index (χ0v) is 18.9. The van der Waals surface area contributed by atoms with Gasteiger partial charge in [-0.25, -0.2) is 14.8 Å². The van der Waals surface area contributed by atoms with Crippen molar-refractivity contribution in [3.8, 4) is 17.1 Å². The molecule has 10 nitrogen and oxygen atoms in total. The Hall–Kier alpha value is -3.95. The molecule has 0 spiro atoms. The number of ketones is 1. The third kappa shape index (κ3) is 5.11. The molecule has 0 unspecified atom stereocenters. The van der Waals surface area contributed by atoms with E-state index in [9.17, 15) is 9.59 Å². The molecule has 0 bridgehead atoms. The number of methoxy groups -OCH3 is 1. The quantitative estimate of drug-likeness (QED) is 0.422. The van der Waals surface area contributed by atoms with Crippen molar-refractivity contribution in [3.63, 3.8) is 0 Å². The number of nitrogens with one attached hydrogen (secondary N) is 3. The summed E-state index contributed by atoms with van der Waals surface area (Å²) in [5.74, 6) is 1.34. The summed E-state index contributed by atoms with van der Waals surface area (Å²) in [5.41, 5.74) is 2.29. The highest BCUT2D eigenvalue weighted by Gasteiger charge is 2.24. The molecule has 2 heterocycles. The first-order valence-electron chi connectivity index (χ1n) is 11.0. The van der Waals surface area contributed by atoms with Crippen LogP contribution in [0.2, 0.25) is 0 Å². The van der Waals surface area contributed by atoms with Gasteiger partial charge >= 0.3 is 6.03 Å². The number of aromatic nitrogens is 4. The highest BCUT2D eigenvalue weighted by molar-refractivity contribution is 6.02. The molecule has 1 aliphatic rings. The highest BCUT2D eigenvalue weighted by atomic mass is 16.5. The van der Waals surface area contributed by atoms with E-state index in [2.05, 4.69) is 31.0 Å². The van der Waals surface area contributed by atoms with E-state index in [1.54, 1.807) is 31.1 Å². The molecule has 3 N–H and O–H groups in total. The molecular formula is C23H27N7O3. The summed E-state index contributed by atoms with van der Waals surface area (Å²) in [5, 5.41) is 13.3.